The van der Waals surface area contributed by atoms with Gasteiger partial charge in [-0.25, -0.2) is 0 Å². The zero-order chi connectivity index (χ0) is 23.3. The number of rotatable bonds is 6. The van der Waals surface area contributed by atoms with E-state index in [1.807, 2.05) is 6.07 Å². The lowest BCUT2D eigenvalue weighted by Gasteiger charge is -2.12. The molecule has 3 rings (SSSR count). The van der Waals surface area contributed by atoms with Gasteiger partial charge in [0, 0.05) is 0 Å². The molecule has 0 atom stereocenters. The van der Waals surface area contributed by atoms with E-state index in [-0.39, 0.29) is 28.0 Å². The van der Waals surface area contributed by atoms with E-state index in [0.717, 1.165) is 5.56 Å². The highest BCUT2D eigenvalue weighted by atomic mass is 35.5. The van der Waals surface area contributed by atoms with Crippen molar-refractivity contribution in [2.75, 3.05) is 5.32 Å². The Labute approximate surface area is 209 Å². The Morgan fingerprint density at radius 3 is 2.22 bits per heavy atom. The molecule has 3 aromatic rings. The first-order chi connectivity index (χ1) is 15.3. The van der Waals surface area contributed by atoms with Gasteiger partial charge in [-0.05, 0) is 53.6 Å². The number of hydrogen-bond donors (Lipinski definition) is 1. The third-order valence-corrected chi connectivity index (χ3v) is 5.82. The molecule has 1 amide bonds. The maximum absolute atomic E-state index is 12.5. The van der Waals surface area contributed by atoms with Gasteiger partial charge in [0.2, 0.25) is 0 Å². The van der Waals surface area contributed by atoms with E-state index in [1.165, 1.54) is 18.2 Å². The van der Waals surface area contributed by atoms with Crippen LogP contribution in [0.4, 0.5) is 5.69 Å². The smallest absolute Gasteiger partial charge is 0.266 e. The fourth-order valence-electron chi connectivity index (χ4n) is 2.65. The maximum atomic E-state index is 12.5. The lowest BCUT2D eigenvalue weighted by atomic mass is 10.1. The molecule has 3 aromatic carbocycles. The summed E-state index contributed by atoms with van der Waals surface area (Å²) in [5, 5.41) is 13.7. The third kappa shape index (κ3) is 6.10. The molecule has 0 unspecified atom stereocenters. The molecule has 0 fully saturated rings. The first-order valence-corrected chi connectivity index (χ1v) is 10.9. The van der Waals surface area contributed by atoms with E-state index < -0.39 is 5.91 Å². The number of benzene rings is 3. The van der Waals surface area contributed by atoms with Crippen molar-refractivity contribution in [2.45, 2.75) is 6.61 Å². The molecule has 9 heteroatoms. The maximum Gasteiger partial charge on any atom is 0.266 e. The van der Waals surface area contributed by atoms with Crippen LogP contribution in [0.5, 0.6) is 5.75 Å². The number of amides is 1. The highest BCUT2D eigenvalue weighted by Gasteiger charge is 2.14. The first-order valence-electron chi connectivity index (χ1n) is 9.02. The highest BCUT2D eigenvalue weighted by Crippen LogP contribution is 2.36. The van der Waals surface area contributed by atoms with Gasteiger partial charge in [-0.3, -0.25) is 4.79 Å². The van der Waals surface area contributed by atoms with Gasteiger partial charge in [0.15, 0.2) is 5.75 Å². The molecule has 0 aromatic heterocycles. The number of nitrogens with zero attached hydrogens (tertiary/aromatic N) is 1. The molecule has 4 nitrogen and oxygen atoms in total. The van der Waals surface area contributed by atoms with Crippen molar-refractivity contribution in [3.8, 4) is 11.8 Å². The summed E-state index contributed by atoms with van der Waals surface area (Å²) < 4.78 is 5.73. The molecule has 0 bridgehead atoms. The molecule has 0 aliphatic carbocycles. The van der Waals surface area contributed by atoms with Crippen LogP contribution in [0.2, 0.25) is 25.1 Å². The Morgan fingerprint density at radius 1 is 0.906 bits per heavy atom. The molecular formula is C23H13Cl5N2O2. The molecule has 0 saturated heterocycles. The van der Waals surface area contributed by atoms with Crippen LogP contribution in [0, 0.1) is 11.3 Å². The van der Waals surface area contributed by atoms with Crippen LogP contribution in [0.25, 0.3) is 6.08 Å². The van der Waals surface area contributed by atoms with Gasteiger partial charge in [-0.2, -0.15) is 5.26 Å². The summed E-state index contributed by atoms with van der Waals surface area (Å²) >= 11 is 30.6. The second kappa shape index (κ2) is 11.0. The summed E-state index contributed by atoms with van der Waals surface area (Å²) in [6, 6.07) is 16.8. The molecule has 0 aliphatic heterocycles. The molecule has 162 valence electrons. The Kier molecular flexibility index (Phi) is 8.31. The van der Waals surface area contributed by atoms with Crippen molar-refractivity contribution in [1.82, 2.24) is 0 Å². The van der Waals surface area contributed by atoms with Gasteiger partial charge < -0.3 is 10.1 Å². The number of ether oxygens (including phenoxy) is 1. The van der Waals surface area contributed by atoms with E-state index in [4.69, 9.17) is 62.7 Å². The molecule has 0 aliphatic rings. The minimum absolute atomic E-state index is 0.151. The van der Waals surface area contributed by atoms with Crippen LogP contribution in [0.3, 0.4) is 0 Å². The van der Waals surface area contributed by atoms with E-state index in [2.05, 4.69) is 5.32 Å². The minimum atomic E-state index is -0.618. The standard InChI is InChI=1S/C23H13Cl5N2O2/c24-16-6-5-13(8-18(16)26)12-32-22-19(27)9-14(10-20(22)28)7-15(11-29)23(31)30-21-4-2-1-3-17(21)25/h1-10H,12H2,(H,30,31)/b15-7+. The molecule has 0 saturated carbocycles. The van der Waals surface area contributed by atoms with Crippen LogP contribution < -0.4 is 10.1 Å². The minimum Gasteiger partial charge on any atom is -0.486 e. The van der Waals surface area contributed by atoms with Crippen molar-refractivity contribution in [3.63, 3.8) is 0 Å². The average molecular weight is 527 g/mol. The molecule has 0 radical (unpaired) electrons. The van der Waals surface area contributed by atoms with Gasteiger partial charge in [0.05, 0.1) is 30.8 Å². The van der Waals surface area contributed by atoms with Gasteiger partial charge in [-0.1, -0.05) is 76.2 Å². The molecule has 0 heterocycles. The lowest BCUT2D eigenvalue weighted by molar-refractivity contribution is -0.112. The summed E-state index contributed by atoms with van der Waals surface area (Å²) in [6.45, 7) is 0.162. The Morgan fingerprint density at radius 2 is 1.59 bits per heavy atom. The molecule has 32 heavy (non-hydrogen) atoms. The van der Waals surface area contributed by atoms with Crippen molar-refractivity contribution >= 4 is 75.7 Å². The zero-order valence-corrected chi connectivity index (χ0v) is 19.9. The van der Waals surface area contributed by atoms with Crippen molar-refractivity contribution in [1.29, 1.82) is 5.26 Å². The third-order valence-electron chi connectivity index (χ3n) is 4.19. The number of nitrogens with one attached hydrogen (secondary N) is 1. The summed E-state index contributed by atoms with van der Waals surface area (Å²) in [4.78, 5) is 12.5. The van der Waals surface area contributed by atoms with Crippen LogP contribution in [-0.2, 0) is 11.4 Å². The van der Waals surface area contributed by atoms with Gasteiger partial charge in [0.1, 0.15) is 18.2 Å². The monoisotopic (exact) mass is 524 g/mol. The number of halogens is 5. The van der Waals surface area contributed by atoms with Gasteiger partial charge in [-0.15, -0.1) is 0 Å². The fraction of sp³-hybridized carbons (Fsp3) is 0.0435. The lowest BCUT2D eigenvalue weighted by Crippen LogP contribution is -2.13. The predicted octanol–water partition coefficient (Wildman–Crippen LogP) is 8.08. The Bertz CT molecular complexity index is 1230. The number of para-hydroxylation sites is 1. The topological polar surface area (TPSA) is 62.1 Å². The van der Waals surface area contributed by atoms with E-state index in [9.17, 15) is 10.1 Å². The SMILES string of the molecule is N#C/C(=C\c1cc(Cl)c(OCc2ccc(Cl)c(Cl)c2)c(Cl)c1)C(=O)Nc1ccccc1Cl. The van der Waals surface area contributed by atoms with Crippen molar-refractivity contribution in [3.05, 3.63) is 96.4 Å². The van der Waals surface area contributed by atoms with Crippen LogP contribution in [0.15, 0.2) is 60.2 Å². The first kappa shape index (κ1) is 24.3. The second-order valence-electron chi connectivity index (χ2n) is 6.45. The average Bonchev–Trinajstić information content (AvgIpc) is 2.75. The number of hydrogen-bond acceptors (Lipinski definition) is 3. The Balaban J connectivity index is 1.78. The van der Waals surface area contributed by atoms with Crippen LogP contribution >= 0.6 is 58.0 Å². The molecule has 1 N–H and O–H groups in total. The predicted molar refractivity (Wildman–Crippen MR) is 131 cm³/mol. The van der Waals surface area contributed by atoms with Crippen molar-refractivity contribution < 1.29 is 9.53 Å². The normalized spacial score (nSPS) is 11.1. The number of anilines is 1. The summed E-state index contributed by atoms with van der Waals surface area (Å²) in [5.74, 6) is -0.358. The number of carbonyl (C=O) groups excluding carboxylic acids is 1. The van der Waals surface area contributed by atoms with Crippen LogP contribution in [-0.4, -0.2) is 5.91 Å². The summed E-state index contributed by atoms with van der Waals surface area (Å²) in [7, 11) is 0. The zero-order valence-electron chi connectivity index (χ0n) is 16.1. The molecule has 0 spiro atoms. The van der Waals surface area contributed by atoms with E-state index in [0.29, 0.717) is 26.3 Å². The fourth-order valence-corrected chi connectivity index (χ4v) is 3.77. The van der Waals surface area contributed by atoms with Gasteiger partial charge >= 0.3 is 0 Å². The highest BCUT2D eigenvalue weighted by molar-refractivity contribution is 6.42. The van der Waals surface area contributed by atoms with Crippen molar-refractivity contribution in [2.24, 2.45) is 0 Å². The number of nitriles is 1. The number of carbonyl (C=O) groups is 1. The van der Waals surface area contributed by atoms with E-state index >= 15 is 0 Å². The Hall–Kier alpha value is -2.39. The van der Waals surface area contributed by atoms with E-state index in [1.54, 1.807) is 42.5 Å². The van der Waals surface area contributed by atoms with Crippen LogP contribution in [0.1, 0.15) is 11.1 Å². The largest absolute Gasteiger partial charge is 0.486 e. The molecular weight excluding hydrogens is 514 g/mol. The summed E-state index contributed by atoms with van der Waals surface area (Å²) in [5.41, 5.74) is 1.47. The van der Waals surface area contributed by atoms with Gasteiger partial charge in [0.25, 0.3) is 5.91 Å². The quantitative estimate of drug-likeness (QED) is 0.261. The summed E-state index contributed by atoms with van der Waals surface area (Å²) in [6.07, 6.45) is 1.37. The second-order valence-corrected chi connectivity index (χ2v) is 8.49.